The van der Waals surface area contributed by atoms with Gasteiger partial charge in [-0.2, -0.15) is 0 Å². The molecule has 0 aliphatic rings. The van der Waals surface area contributed by atoms with Crippen molar-refractivity contribution < 1.29 is 24.2 Å². The van der Waals surface area contributed by atoms with Crippen LogP contribution in [0, 0.1) is 11.8 Å². The van der Waals surface area contributed by atoms with Crippen LogP contribution in [0.4, 0.5) is 4.39 Å². The predicted molar refractivity (Wildman–Crippen MR) is 27.9 cm³/mol. The Bertz CT molecular complexity index is 211. The highest BCUT2D eigenvalue weighted by molar-refractivity contribution is 5.88. The summed E-state index contributed by atoms with van der Waals surface area (Å²) in [7, 11) is 0. The normalized spacial score (nSPS) is 10.9. The zero-order chi connectivity index (χ0) is 8.15. The first-order chi connectivity index (χ1) is 4.54. The first-order valence-electron chi connectivity index (χ1n) is 2.15. The van der Waals surface area contributed by atoms with Crippen LogP contribution in [0.5, 0.6) is 0 Å². The highest BCUT2D eigenvalue weighted by Gasteiger charge is 2.10. The molecule has 0 aromatic carbocycles. The molecule has 0 radical (unpaired) electrons. The fraction of sp³-hybridized carbons (Fsp3) is 0.200. The van der Waals surface area contributed by atoms with E-state index in [1.54, 1.807) is 0 Å². The molecule has 0 rings (SSSR count). The summed E-state index contributed by atoms with van der Waals surface area (Å²) in [5, 5.41) is 15.6. The number of carbonyl (C=O) groups is 2. The maximum atomic E-state index is 11.8. The summed E-state index contributed by atoms with van der Waals surface area (Å²) in [4.78, 5) is 19.2. The third kappa shape index (κ3) is 3.43. The summed E-state index contributed by atoms with van der Waals surface area (Å²) in [5.74, 6) is -0.632. The summed E-state index contributed by atoms with van der Waals surface area (Å²) in [5.41, 5.74) is 0. The van der Waals surface area contributed by atoms with Crippen molar-refractivity contribution in [2.24, 2.45) is 0 Å². The quantitative estimate of drug-likeness (QED) is 0.489. The topological polar surface area (TPSA) is 74.6 Å². The second kappa shape index (κ2) is 3.45. The molecule has 0 saturated carbocycles. The van der Waals surface area contributed by atoms with Crippen LogP contribution >= 0.6 is 0 Å². The first-order valence-corrected chi connectivity index (χ1v) is 2.15. The number of halogens is 1. The second-order valence-corrected chi connectivity index (χ2v) is 1.28. The zero-order valence-corrected chi connectivity index (χ0v) is 4.67. The molecule has 0 heterocycles. The lowest BCUT2D eigenvalue weighted by Gasteiger charge is -1.86. The van der Waals surface area contributed by atoms with Gasteiger partial charge >= 0.3 is 11.9 Å². The van der Waals surface area contributed by atoms with Crippen LogP contribution in [0.1, 0.15) is 0 Å². The van der Waals surface area contributed by atoms with E-state index in [1.165, 1.54) is 11.8 Å². The molecule has 1 atom stereocenters. The molecule has 10 heavy (non-hydrogen) atoms. The van der Waals surface area contributed by atoms with Gasteiger partial charge in [0.25, 0.3) is 6.17 Å². The standard InChI is InChI=1S/C5H3FO4/c6-3(5(9)10)1-2-4(7)8/h3H,(H,7,8)(H,9,10). The highest BCUT2D eigenvalue weighted by Crippen LogP contribution is 1.85. The fourth-order valence-corrected chi connectivity index (χ4v) is 0.187. The molecular formula is C5H3FO4. The van der Waals surface area contributed by atoms with Gasteiger partial charge in [-0.1, -0.05) is 0 Å². The molecular weight excluding hydrogens is 143 g/mol. The average Bonchev–Trinajstić information content (AvgIpc) is 1.82. The number of carboxylic acids is 2. The largest absolute Gasteiger partial charge is 0.478 e. The van der Waals surface area contributed by atoms with E-state index < -0.39 is 18.1 Å². The highest BCUT2D eigenvalue weighted by atomic mass is 19.1. The monoisotopic (exact) mass is 146 g/mol. The molecule has 0 bridgehead atoms. The van der Waals surface area contributed by atoms with Crippen molar-refractivity contribution in [3.63, 3.8) is 0 Å². The van der Waals surface area contributed by atoms with Crippen LogP contribution < -0.4 is 0 Å². The molecule has 2 N–H and O–H groups in total. The Hall–Kier alpha value is -1.57. The minimum atomic E-state index is -2.42. The zero-order valence-electron chi connectivity index (χ0n) is 4.67. The Kier molecular flexibility index (Phi) is 2.91. The molecule has 0 amide bonds. The van der Waals surface area contributed by atoms with Crippen LogP contribution in [0.15, 0.2) is 0 Å². The van der Waals surface area contributed by atoms with E-state index in [9.17, 15) is 14.0 Å². The molecule has 0 aromatic rings. The maximum Gasteiger partial charge on any atom is 0.382 e. The van der Waals surface area contributed by atoms with Gasteiger partial charge in [-0.05, 0) is 5.92 Å². The van der Waals surface area contributed by atoms with Crippen LogP contribution in [0.2, 0.25) is 0 Å². The van der Waals surface area contributed by atoms with E-state index in [1.807, 2.05) is 0 Å². The molecule has 1 unspecified atom stereocenters. The van der Waals surface area contributed by atoms with E-state index >= 15 is 0 Å². The lowest BCUT2D eigenvalue weighted by atomic mass is 10.4. The number of alkyl halides is 1. The number of hydrogen-bond donors (Lipinski definition) is 2. The van der Waals surface area contributed by atoms with Gasteiger partial charge in [0.05, 0.1) is 0 Å². The minimum Gasteiger partial charge on any atom is -0.478 e. The number of carboxylic acid groups (broad SMARTS) is 2. The van der Waals surface area contributed by atoms with E-state index in [0.29, 0.717) is 0 Å². The van der Waals surface area contributed by atoms with Crippen LogP contribution in [0.25, 0.3) is 0 Å². The van der Waals surface area contributed by atoms with Gasteiger partial charge < -0.3 is 10.2 Å². The van der Waals surface area contributed by atoms with Gasteiger partial charge in [0.15, 0.2) is 0 Å². The van der Waals surface area contributed by atoms with Gasteiger partial charge in [0.1, 0.15) is 0 Å². The van der Waals surface area contributed by atoms with Crippen LogP contribution in [-0.4, -0.2) is 28.3 Å². The van der Waals surface area contributed by atoms with Crippen molar-refractivity contribution in [2.45, 2.75) is 6.17 Å². The predicted octanol–water partition coefficient (Wildman–Crippen LogP) is -0.503. The summed E-state index contributed by atoms with van der Waals surface area (Å²) in [6.45, 7) is 0. The Morgan fingerprint density at radius 2 is 1.90 bits per heavy atom. The van der Waals surface area contributed by atoms with Gasteiger partial charge in [-0.25, -0.2) is 14.0 Å². The van der Waals surface area contributed by atoms with E-state index in [-0.39, 0.29) is 0 Å². The Morgan fingerprint density at radius 1 is 1.40 bits per heavy atom. The fourth-order valence-electron chi connectivity index (χ4n) is 0.187. The minimum absolute atomic E-state index is 1.34. The molecule has 4 nitrogen and oxygen atoms in total. The number of rotatable bonds is 1. The molecule has 0 aromatic heterocycles. The number of hydrogen-bond acceptors (Lipinski definition) is 2. The third-order valence-electron chi connectivity index (χ3n) is 0.523. The summed E-state index contributed by atoms with van der Waals surface area (Å²) < 4.78 is 11.8. The molecule has 0 aliphatic heterocycles. The summed E-state index contributed by atoms with van der Waals surface area (Å²) >= 11 is 0. The van der Waals surface area contributed by atoms with Crippen molar-refractivity contribution in [1.82, 2.24) is 0 Å². The van der Waals surface area contributed by atoms with Crippen molar-refractivity contribution in [1.29, 1.82) is 0 Å². The smallest absolute Gasteiger partial charge is 0.382 e. The lowest BCUT2D eigenvalue weighted by molar-refractivity contribution is -0.140. The molecule has 0 fully saturated rings. The third-order valence-corrected chi connectivity index (χ3v) is 0.523. The van der Waals surface area contributed by atoms with E-state index in [0.717, 1.165) is 0 Å². The van der Waals surface area contributed by atoms with E-state index in [2.05, 4.69) is 0 Å². The van der Waals surface area contributed by atoms with Crippen molar-refractivity contribution >= 4 is 11.9 Å². The second-order valence-electron chi connectivity index (χ2n) is 1.28. The molecule has 0 saturated heterocycles. The van der Waals surface area contributed by atoms with Crippen LogP contribution in [-0.2, 0) is 9.59 Å². The van der Waals surface area contributed by atoms with Crippen molar-refractivity contribution in [3.8, 4) is 11.8 Å². The van der Waals surface area contributed by atoms with E-state index in [4.69, 9.17) is 10.2 Å². The van der Waals surface area contributed by atoms with Crippen LogP contribution in [0.3, 0.4) is 0 Å². The van der Waals surface area contributed by atoms with Gasteiger partial charge in [-0.3, -0.25) is 0 Å². The SMILES string of the molecule is O=C(O)C#CC(F)C(=O)O. The van der Waals surface area contributed by atoms with Crippen molar-refractivity contribution in [3.05, 3.63) is 0 Å². The molecule has 5 heteroatoms. The van der Waals surface area contributed by atoms with Gasteiger partial charge in [-0.15, -0.1) is 0 Å². The molecule has 0 spiro atoms. The maximum absolute atomic E-state index is 11.8. The summed E-state index contributed by atoms with van der Waals surface area (Å²) in [6, 6.07) is 0. The molecule has 0 aliphatic carbocycles. The average molecular weight is 146 g/mol. The summed E-state index contributed by atoms with van der Waals surface area (Å²) in [6.07, 6.45) is -2.42. The lowest BCUT2D eigenvalue weighted by Crippen LogP contribution is -2.11. The van der Waals surface area contributed by atoms with Crippen molar-refractivity contribution in [2.75, 3.05) is 0 Å². The Balaban J connectivity index is 4.05. The number of aliphatic carboxylic acids is 2. The molecule has 54 valence electrons. The Morgan fingerprint density at radius 3 is 2.20 bits per heavy atom. The van der Waals surface area contributed by atoms with Gasteiger partial charge in [0, 0.05) is 5.92 Å². The first kappa shape index (κ1) is 8.43. The van der Waals surface area contributed by atoms with Gasteiger partial charge in [0.2, 0.25) is 0 Å². The Labute approximate surface area is 55.3 Å².